The Hall–Kier alpha value is -1.65. The van der Waals surface area contributed by atoms with Crippen LogP contribution in [0.3, 0.4) is 0 Å². The molecular weight excluding hydrogens is 206 g/mol. The minimum Gasteiger partial charge on any atom is -0.494 e. The molecule has 0 aliphatic heterocycles. The monoisotopic (exact) mass is 216 g/mol. The molecule has 0 fully saturated rings. The van der Waals surface area contributed by atoms with E-state index in [0.29, 0.717) is 0 Å². The molecule has 0 aliphatic carbocycles. The number of benzene rings is 1. The minimum atomic E-state index is -0.930. The van der Waals surface area contributed by atoms with Gasteiger partial charge in [0.1, 0.15) is 5.82 Å². The Kier molecular flexibility index (Phi) is 3.24. The highest BCUT2D eigenvalue weighted by molar-refractivity contribution is 5.90. The normalized spacial score (nSPS) is 9.93. The number of carbonyl (C=O) groups excluding carboxylic acids is 1. The van der Waals surface area contributed by atoms with Crippen molar-refractivity contribution in [3.63, 3.8) is 0 Å². The predicted molar refractivity (Wildman–Crippen MR) is 49.0 cm³/mol. The highest BCUT2D eigenvalue weighted by Crippen LogP contribution is 2.26. The van der Waals surface area contributed by atoms with Gasteiger partial charge in [0.2, 0.25) is 0 Å². The smallest absolute Gasteiger partial charge is 0.340 e. The lowest BCUT2D eigenvalue weighted by Crippen LogP contribution is -2.08. The predicted octanol–water partition coefficient (Wildman–Crippen LogP) is 2.07. The summed E-state index contributed by atoms with van der Waals surface area (Å²) in [7, 11) is 2.35. The molecule has 0 saturated heterocycles. The van der Waals surface area contributed by atoms with E-state index >= 15 is 0 Å². The van der Waals surface area contributed by atoms with E-state index in [1.54, 1.807) is 0 Å². The number of carbonyl (C=O) groups is 1. The van der Waals surface area contributed by atoms with Crippen molar-refractivity contribution in [3.05, 3.63) is 28.8 Å². The first kappa shape index (κ1) is 11.4. The van der Waals surface area contributed by atoms with Crippen LogP contribution < -0.4 is 4.74 Å². The van der Waals surface area contributed by atoms with Gasteiger partial charge in [0, 0.05) is 11.6 Å². The maximum absolute atomic E-state index is 13.4. The molecule has 0 saturated carbocycles. The lowest BCUT2D eigenvalue weighted by atomic mass is 10.1. The fraction of sp³-hybridized carbons (Fsp3) is 0.300. The minimum absolute atomic E-state index is 0.186. The molecule has 1 aromatic rings. The SMILES string of the molecule is COC(=O)c1cc(OC)c(F)c(C)c1F. The van der Waals surface area contributed by atoms with Crippen molar-refractivity contribution in [1.82, 2.24) is 0 Å². The van der Waals surface area contributed by atoms with Gasteiger partial charge in [0.25, 0.3) is 0 Å². The standard InChI is InChI=1S/C10H10F2O3/c1-5-8(11)6(10(13)15-3)4-7(14-2)9(5)12/h4H,1-3H3. The van der Waals surface area contributed by atoms with Crippen LogP contribution in [0.15, 0.2) is 6.07 Å². The Labute approximate surface area is 85.6 Å². The van der Waals surface area contributed by atoms with Crippen LogP contribution in [0, 0.1) is 18.6 Å². The Bertz CT molecular complexity index is 402. The molecular formula is C10H10F2O3. The maximum Gasteiger partial charge on any atom is 0.340 e. The number of ether oxygens (including phenoxy) is 2. The van der Waals surface area contributed by atoms with Crippen molar-refractivity contribution in [3.8, 4) is 5.75 Å². The van der Waals surface area contributed by atoms with Crippen molar-refractivity contribution in [2.45, 2.75) is 6.92 Å². The molecule has 3 nitrogen and oxygen atoms in total. The molecule has 0 heterocycles. The third-order valence-electron chi connectivity index (χ3n) is 2.01. The number of hydrogen-bond acceptors (Lipinski definition) is 3. The molecule has 0 spiro atoms. The molecule has 0 bridgehead atoms. The van der Waals surface area contributed by atoms with E-state index in [0.717, 1.165) is 13.2 Å². The number of rotatable bonds is 2. The zero-order chi connectivity index (χ0) is 11.6. The van der Waals surface area contributed by atoms with E-state index in [9.17, 15) is 13.6 Å². The number of hydrogen-bond donors (Lipinski definition) is 0. The van der Waals surface area contributed by atoms with Crippen LogP contribution in [0.25, 0.3) is 0 Å². The number of halogens is 2. The number of esters is 1. The second-order valence-corrected chi connectivity index (χ2v) is 2.87. The van der Waals surface area contributed by atoms with Gasteiger partial charge in [-0.2, -0.15) is 0 Å². The number of methoxy groups -OCH3 is 2. The van der Waals surface area contributed by atoms with E-state index in [1.807, 2.05) is 0 Å². The Morgan fingerprint density at radius 1 is 1.27 bits per heavy atom. The second kappa shape index (κ2) is 4.25. The van der Waals surface area contributed by atoms with Crippen molar-refractivity contribution in [2.24, 2.45) is 0 Å². The van der Waals surface area contributed by atoms with E-state index in [1.165, 1.54) is 14.0 Å². The van der Waals surface area contributed by atoms with Gasteiger partial charge in [0.15, 0.2) is 11.6 Å². The van der Waals surface area contributed by atoms with Crippen LogP contribution in [-0.4, -0.2) is 20.2 Å². The van der Waals surface area contributed by atoms with E-state index < -0.39 is 17.6 Å². The summed E-state index contributed by atoms with van der Waals surface area (Å²) in [6, 6.07) is 0.976. The summed E-state index contributed by atoms with van der Waals surface area (Å²) in [5.41, 5.74) is -0.608. The third-order valence-corrected chi connectivity index (χ3v) is 2.01. The first-order valence-corrected chi connectivity index (χ1v) is 4.13. The highest BCUT2D eigenvalue weighted by Gasteiger charge is 2.20. The Balaban J connectivity index is 3.41. The molecule has 0 N–H and O–H groups in total. The highest BCUT2D eigenvalue weighted by atomic mass is 19.1. The van der Waals surface area contributed by atoms with E-state index in [-0.39, 0.29) is 16.9 Å². The Morgan fingerprint density at radius 2 is 1.87 bits per heavy atom. The van der Waals surface area contributed by atoms with Gasteiger partial charge >= 0.3 is 5.97 Å². The van der Waals surface area contributed by atoms with Gasteiger partial charge in [-0.1, -0.05) is 0 Å². The van der Waals surface area contributed by atoms with Crippen molar-refractivity contribution >= 4 is 5.97 Å². The summed E-state index contributed by atoms with van der Waals surface area (Å²) in [5.74, 6) is -2.80. The largest absolute Gasteiger partial charge is 0.494 e. The lowest BCUT2D eigenvalue weighted by Gasteiger charge is -2.09. The van der Waals surface area contributed by atoms with Crippen LogP contribution in [0.5, 0.6) is 5.75 Å². The summed E-state index contributed by atoms with van der Waals surface area (Å²) < 4.78 is 35.7. The fourth-order valence-corrected chi connectivity index (χ4v) is 1.15. The van der Waals surface area contributed by atoms with Crippen LogP contribution in [-0.2, 0) is 4.74 Å². The second-order valence-electron chi connectivity index (χ2n) is 2.87. The van der Waals surface area contributed by atoms with Crippen molar-refractivity contribution in [1.29, 1.82) is 0 Å². The van der Waals surface area contributed by atoms with Crippen LogP contribution >= 0.6 is 0 Å². The van der Waals surface area contributed by atoms with Crippen LogP contribution in [0.1, 0.15) is 15.9 Å². The summed E-state index contributed by atoms with van der Waals surface area (Å²) in [4.78, 5) is 11.1. The van der Waals surface area contributed by atoms with Crippen molar-refractivity contribution < 1.29 is 23.0 Å². The summed E-state index contributed by atoms with van der Waals surface area (Å²) >= 11 is 0. The molecule has 0 aromatic heterocycles. The zero-order valence-electron chi connectivity index (χ0n) is 8.56. The Morgan fingerprint density at radius 3 is 2.33 bits per heavy atom. The van der Waals surface area contributed by atoms with Crippen molar-refractivity contribution in [2.75, 3.05) is 14.2 Å². The maximum atomic E-state index is 13.4. The average Bonchev–Trinajstić information content (AvgIpc) is 2.25. The molecule has 0 atom stereocenters. The van der Waals surface area contributed by atoms with E-state index in [4.69, 9.17) is 0 Å². The molecule has 1 aromatic carbocycles. The van der Waals surface area contributed by atoms with Gasteiger partial charge in [-0.3, -0.25) is 0 Å². The lowest BCUT2D eigenvalue weighted by molar-refractivity contribution is 0.0594. The van der Waals surface area contributed by atoms with E-state index in [2.05, 4.69) is 9.47 Å². The molecule has 15 heavy (non-hydrogen) atoms. The van der Waals surface area contributed by atoms with Crippen LogP contribution in [0.2, 0.25) is 0 Å². The molecule has 0 unspecified atom stereocenters. The first-order valence-electron chi connectivity index (χ1n) is 4.13. The van der Waals surface area contributed by atoms with Gasteiger partial charge in [0.05, 0.1) is 19.8 Å². The summed E-state index contributed by atoms with van der Waals surface area (Å²) in [6.07, 6.45) is 0. The first-order chi connectivity index (χ1) is 7.02. The molecule has 1 rings (SSSR count). The summed E-state index contributed by atoms with van der Waals surface area (Å²) in [5, 5.41) is 0. The van der Waals surface area contributed by atoms with Gasteiger partial charge in [-0.25, -0.2) is 13.6 Å². The molecule has 5 heteroatoms. The quantitative estimate of drug-likeness (QED) is 0.710. The molecule has 0 radical (unpaired) electrons. The third kappa shape index (κ3) is 1.91. The molecule has 0 amide bonds. The van der Waals surface area contributed by atoms with Crippen LogP contribution in [0.4, 0.5) is 8.78 Å². The molecule has 0 aliphatic rings. The van der Waals surface area contributed by atoms with Gasteiger partial charge < -0.3 is 9.47 Å². The fourth-order valence-electron chi connectivity index (χ4n) is 1.15. The average molecular weight is 216 g/mol. The van der Waals surface area contributed by atoms with Gasteiger partial charge in [-0.15, -0.1) is 0 Å². The zero-order valence-corrected chi connectivity index (χ0v) is 8.56. The van der Waals surface area contributed by atoms with Gasteiger partial charge in [-0.05, 0) is 6.92 Å². The topological polar surface area (TPSA) is 35.5 Å². The summed E-state index contributed by atoms with van der Waals surface area (Å²) in [6.45, 7) is 1.22. The molecule has 82 valence electrons.